The molecule has 6 heteroatoms. The van der Waals surface area contributed by atoms with Crippen molar-refractivity contribution in [3.8, 4) is 0 Å². The van der Waals surface area contributed by atoms with E-state index in [1.54, 1.807) is 0 Å². The Labute approximate surface area is 104 Å². The van der Waals surface area contributed by atoms with Crippen LogP contribution in [0, 0.1) is 0 Å². The van der Waals surface area contributed by atoms with Gasteiger partial charge in [-0.3, -0.25) is 0 Å². The normalized spacial score (nSPS) is 11.5. The quantitative estimate of drug-likeness (QED) is 0.828. The molecule has 0 N–H and O–H groups in total. The average molecular weight is 268 g/mol. The zero-order valence-corrected chi connectivity index (χ0v) is 10.7. The maximum atomic E-state index is 11.8. The summed E-state index contributed by atoms with van der Waals surface area (Å²) in [5.41, 5.74) is 1.04. The molecule has 0 bridgehead atoms. The smallest absolute Gasteiger partial charge is 0.155 e. The lowest BCUT2D eigenvalue weighted by molar-refractivity contribution is 0.595. The molecule has 0 saturated heterocycles. The average Bonchev–Trinajstić information content (AvgIpc) is 2.80. The number of nitrogens with zero attached hydrogens (tertiary/aromatic N) is 2. The minimum absolute atomic E-state index is 0.0392. The van der Waals surface area contributed by atoms with Crippen LogP contribution in [0.15, 0.2) is 36.5 Å². The lowest BCUT2D eigenvalue weighted by atomic mass is 10.2. The molecule has 0 aliphatic carbocycles. The second kappa shape index (κ2) is 5.37. The molecule has 0 amide bonds. The molecule has 0 fully saturated rings. The van der Waals surface area contributed by atoms with E-state index < -0.39 is 9.84 Å². The first-order valence-corrected chi connectivity index (χ1v) is 7.76. The highest BCUT2D eigenvalue weighted by Gasteiger charge is 2.13. The number of benzene rings is 1. The molecule has 2 rings (SSSR count). The SMILES string of the molecule is O=S(=O)(CCc1ccccc1)Cc1cnns1. The molecular weight excluding hydrogens is 256 g/mol. The van der Waals surface area contributed by atoms with Crippen molar-refractivity contribution < 1.29 is 8.42 Å². The van der Waals surface area contributed by atoms with Crippen LogP contribution in [0.25, 0.3) is 0 Å². The van der Waals surface area contributed by atoms with Gasteiger partial charge in [-0.15, -0.1) is 5.10 Å². The zero-order valence-electron chi connectivity index (χ0n) is 9.11. The van der Waals surface area contributed by atoms with Crippen LogP contribution in [0.1, 0.15) is 10.4 Å². The van der Waals surface area contributed by atoms with Crippen LogP contribution in [0.3, 0.4) is 0 Å². The van der Waals surface area contributed by atoms with Gasteiger partial charge in [-0.05, 0) is 23.5 Å². The van der Waals surface area contributed by atoms with E-state index in [1.807, 2.05) is 30.3 Å². The number of sulfone groups is 1. The van der Waals surface area contributed by atoms with E-state index in [0.717, 1.165) is 17.1 Å². The van der Waals surface area contributed by atoms with Crippen molar-refractivity contribution in [2.24, 2.45) is 0 Å². The second-order valence-corrected chi connectivity index (χ2v) is 6.77. The molecule has 0 spiro atoms. The molecule has 1 aromatic carbocycles. The summed E-state index contributed by atoms with van der Waals surface area (Å²) in [6, 6.07) is 9.61. The van der Waals surface area contributed by atoms with Crippen LogP contribution in [-0.4, -0.2) is 23.8 Å². The first-order valence-electron chi connectivity index (χ1n) is 5.16. The summed E-state index contributed by atoms with van der Waals surface area (Å²) in [7, 11) is -3.07. The lowest BCUT2D eigenvalue weighted by Crippen LogP contribution is -2.10. The Morgan fingerprint density at radius 1 is 1.18 bits per heavy atom. The minimum Gasteiger partial charge on any atom is -0.228 e. The Kier molecular flexibility index (Phi) is 3.86. The van der Waals surface area contributed by atoms with Gasteiger partial charge in [-0.1, -0.05) is 34.8 Å². The van der Waals surface area contributed by atoms with Gasteiger partial charge in [0, 0.05) is 0 Å². The van der Waals surface area contributed by atoms with Gasteiger partial charge in [0.1, 0.15) is 0 Å². The molecule has 0 radical (unpaired) electrons. The van der Waals surface area contributed by atoms with E-state index in [4.69, 9.17) is 0 Å². The van der Waals surface area contributed by atoms with Gasteiger partial charge in [-0.25, -0.2) is 8.42 Å². The third-order valence-electron chi connectivity index (χ3n) is 2.31. The first kappa shape index (κ1) is 12.2. The van der Waals surface area contributed by atoms with Crippen molar-refractivity contribution in [1.82, 2.24) is 9.59 Å². The van der Waals surface area contributed by atoms with Crippen LogP contribution >= 0.6 is 11.5 Å². The van der Waals surface area contributed by atoms with Crippen LogP contribution in [0.4, 0.5) is 0 Å². The van der Waals surface area contributed by atoms with Crippen LogP contribution in [0.5, 0.6) is 0 Å². The Balaban J connectivity index is 1.94. The highest BCUT2D eigenvalue weighted by atomic mass is 32.2. The molecule has 17 heavy (non-hydrogen) atoms. The van der Waals surface area contributed by atoms with Gasteiger partial charge in [0.05, 0.1) is 22.6 Å². The first-order chi connectivity index (χ1) is 8.16. The van der Waals surface area contributed by atoms with Crippen molar-refractivity contribution in [3.05, 3.63) is 47.0 Å². The van der Waals surface area contributed by atoms with Gasteiger partial charge in [-0.2, -0.15) is 0 Å². The Morgan fingerprint density at radius 2 is 1.94 bits per heavy atom. The van der Waals surface area contributed by atoms with E-state index >= 15 is 0 Å². The van der Waals surface area contributed by atoms with Crippen LogP contribution in [0.2, 0.25) is 0 Å². The number of hydrogen-bond acceptors (Lipinski definition) is 5. The number of aryl methyl sites for hydroxylation is 1. The van der Waals surface area contributed by atoms with E-state index in [-0.39, 0.29) is 11.5 Å². The van der Waals surface area contributed by atoms with Crippen LogP contribution < -0.4 is 0 Å². The fourth-order valence-electron chi connectivity index (χ4n) is 1.46. The maximum absolute atomic E-state index is 11.8. The molecule has 1 heterocycles. The molecule has 1 aromatic heterocycles. The van der Waals surface area contributed by atoms with Gasteiger partial charge >= 0.3 is 0 Å². The molecular formula is C11H12N2O2S2. The number of hydrogen-bond donors (Lipinski definition) is 0. The topological polar surface area (TPSA) is 59.9 Å². The van der Waals surface area contributed by atoms with E-state index in [9.17, 15) is 8.42 Å². The summed E-state index contributed by atoms with van der Waals surface area (Å²) < 4.78 is 27.3. The van der Waals surface area contributed by atoms with Gasteiger partial charge in [0.15, 0.2) is 9.84 Å². The lowest BCUT2D eigenvalue weighted by Gasteiger charge is -2.02. The monoisotopic (exact) mass is 268 g/mol. The minimum atomic E-state index is -3.07. The molecule has 90 valence electrons. The fraction of sp³-hybridized carbons (Fsp3) is 0.273. The van der Waals surface area contributed by atoms with Crippen molar-refractivity contribution in [3.63, 3.8) is 0 Å². The van der Waals surface area contributed by atoms with Crippen molar-refractivity contribution >= 4 is 21.4 Å². The van der Waals surface area contributed by atoms with E-state index in [0.29, 0.717) is 11.3 Å². The summed E-state index contributed by atoms with van der Waals surface area (Å²) in [4.78, 5) is 0.693. The van der Waals surface area contributed by atoms with Gasteiger partial charge < -0.3 is 0 Å². The molecule has 4 nitrogen and oxygen atoms in total. The van der Waals surface area contributed by atoms with Crippen molar-refractivity contribution in [2.75, 3.05) is 5.75 Å². The largest absolute Gasteiger partial charge is 0.228 e. The molecule has 0 saturated carbocycles. The van der Waals surface area contributed by atoms with E-state index in [1.165, 1.54) is 6.20 Å². The second-order valence-electron chi connectivity index (χ2n) is 3.71. The fourth-order valence-corrected chi connectivity index (χ4v) is 3.70. The van der Waals surface area contributed by atoms with E-state index in [2.05, 4.69) is 9.59 Å². The predicted molar refractivity (Wildman–Crippen MR) is 67.5 cm³/mol. The zero-order chi connectivity index (χ0) is 12.1. The number of aromatic nitrogens is 2. The Morgan fingerprint density at radius 3 is 2.59 bits per heavy atom. The van der Waals surface area contributed by atoms with Crippen LogP contribution in [-0.2, 0) is 22.0 Å². The third kappa shape index (κ3) is 3.90. The van der Waals surface area contributed by atoms with Gasteiger partial charge in [0.25, 0.3) is 0 Å². The molecule has 0 atom stereocenters. The molecule has 2 aromatic rings. The highest BCUT2D eigenvalue weighted by Crippen LogP contribution is 2.10. The Bertz CT molecular complexity index is 550. The summed E-state index contributed by atoms with van der Waals surface area (Å²) in [6.45, 7) is 0. The highest BCUT2D eigenvalue weighted by molar-refractivity contribution is 7.90. The maximum Gasteiger partial charge on any atom is 0.155 e. The van der Waals surface area contributed by atoms with Crippen molar-refractivity contribution in [2.45, 2.75) is 12.2 Å². The molecule has 0 aliphatic rings. The summed E-state index contributed by atoms with van der Waals surface area (Å²) >= 11 is 1.13. The van der Waals surface area contributed by atoms with Crippen molar-refractivity contribution in [1.29, 1.82) is 0 Å². The third-order valence-corrected chi connectivity index (χ3v) is 4.73. The van der Waals surface area contributed by atoms with Gasteiger partial charge in [0.2, 0.25) is 0 Å². The summed E-state index contributed by atoms with van der Waals surface area (Å²) in [5.74, 6) is 0.201. The predicted octanol–water partition coefficient (Wildman–Crippen LogP) is 1.70. The summed E-state index contributed by atoms with van der Waals surface area (Å²) in [6.07, 6.45) is 2.06. The summed E-state index contributed by atoms with van der Waals surface area (Å²) in [5, 5.41) is 3.63. The molecule has 0 aliphatic heterocycles. The standard InChI is InChI=1S/C11H12N2O2S2/c14-17(15,9-11-8-12-13-16-11)7-6-10-4-2-1-3-5-10/h1-5,8H,6-7,9H2. The molecule has 0 unspecified atom stereocenters. The number of rotatable bonds is 5. The Hall–Kier alpha value is -1.27.